The second-order valence-corrected chi connectivity index (χ2v) is 4.25. The summed E-state index contributed by atoms with van der Waals surface area (Å²) in [5, 5.41) is -0.118. The molecule has 5 N–H and O–H groups in total. The van der Waals surface area contributed by atoms with Crippen molar-refractivity contribution in [2.24, 2.45) is 0 Å². The number of alkyl halides is 3. The van der Waals surface area contributed by atoms with E-state index in [1.807, 2.05) is 0 Å². The molecule has 1 unspecified atom stereocenters. The number of anilines is 1. The minimum absolute atomic E-state index is 0. The van der Waals surface area contributed by atoms with Crippen LogP contribution in [0.3, 0.4) is 0 Å². The summed E-state index contributed by atoms with van der Waals surface area (Å²) in [5.41, 5.74) is 5.15. The van der Waals surface area contributed by atoms with Crippen LogP contribution in [0.1, 0.15) is 17.2 Å². The van der Waals surface area contributed by atoms with Crippen molar-refractivity contribution in [2.45, 2.75) is 12.1 Å². The fraction of sp³-hybridized carbons (Fsp3) is 0.167. The highest BCUT2D eigenvalue weighted by Crippen LogP contribution is 2.39. The molecule has 4 nitrogen and oxygen atoms in total. The molecule has 0 radical (unpaired) electrons. The summed E-state index contributed by atoms with van der Waals surface area (Å²) in [6, 6.07) is 8.52. The maximum absolute atomic E-state index is 13.2. The summed E-state index contributed by atoms with van der Waals surface area (Å²) in [4.78, 5) is 7.20. The summed E-state index contributed by atoms with van der Waals surface area (Å²) < 4.78 is 39.6. The van der Waals surface area contributed by atoms with Crippen molar-refractivity contribution in [2.75, 3.05) is 5.73 Å². The highest BCUT2D eigenvalue weighted by atomic mass is 35.5. The predicted octanol–water partition coefficient (Wildman–Crippen LogP) is 3.57. The zero-order valence-electron chi connectivity index (χ0n) is 10.2. The number of hydrogen-bond donors (Lipinski definition) is 2. The van der Waals surface area contributed by atoms with Gasteiger partial charge in [-0.2, -0.15) is 13.2 Å². The lowest BCUT2D eigenvalue weighted by Gasteiger charge is -2.20. The number of nitrogens with two attached hydrogens (primary N) is 1. The Balaban J connectivity index is 0.00000200. The minimum atomic E-state index is -4.49. The second kappa shape index (κ2) is 6.06. The summed E-state index contributed by atoms with van der Waals surface area (Å²) in [5.74, 6) is -2.16. The smallest absolute Gasteiger partial charge is 0.368 e. The van der Waals surface area contributed by atoms with E-state index in [0.717, 1.165) is 6.07 Å². The number of nitrogen functional groups attached to an aromatic ring is 1. The van der Waals surface area contributed by atoms with Crippen LogP contribution in [0.25, 0.3) is 0 Å². The normalized spacial score (nSPS) is 12.6. The van der Waals surface area contributed by atoms with Gasteiger partial charge in [-0.25, -0.2) is 9.97 Å². The van der Waals surface area contributed by atoms with Gasteiger partial charge in [-0.15, -0.1) is 0 Å². The standard InChI is InChI=1S/C12H9ClF3N3.H3N/c13-9-6-8(18-11(17)19-9)10(12(14,15)16)7-4-2-1-3-5-7;/h1-6,10H,(H2,17,18,19);1H3. The third-order valence-electron chi connectivity index (χ3n) is 2.49. The average molecular weight is 305 g/mol. The molecule has 0 aliphatic rings. The van der Waals surface area contributed by atoms with E-state index in [0.29, 0.717) is 0 Å². The maximum Gasteiger partial charge on any atom is 0.401 e. The van der Waals surface area contributed by atoms with Crippen LogP contribution in [0.2, 0.25) is 5.15 Å². The molecule has 2 aromatic rings. The van der Waals surface area contributed by atoms with Gasteiger partial charge in [-0.05, 0) is 11.6 Å². The van der Waals surface area contributed by atoms with Gasteiger partial charge in [-0.1, -0.05) is 41.9 Å². The van der Waals surface area contributed by atoms with Gasteiger partial charge in [-0.3, -0.25) is 0 Å². The first kappa shape index (κ1) is 16.2. The van der Waals surface area contributed by atoms with E-state index in [-0.39, 0.29) is 28.5 Å². The summed E-state index contributed by atoms with van der Waals surface area (Å²) in [6.45, 7) is 0. The van der Waals surface area contributed by atoms with Crippen molar-refractivity contribution in [1.29, 1.82) is 0 Å². The van der Waals surface area contributed by atoms with Crippen LogP contribution >= 0.6 is 11.6 Å². The van der Waals surface area contributed by atoms with Gasteiger partial charge in [0.2, 0.25) is 5.95 Å². The van der Waals surface area contributed by atoms with Crippen LogP contribution in [0, 0.1) is 0 Å². The van der Waals surface area contributed by atoms with Gasteiger partial charge in [0, 0.05) is 0 Å². The van der Waals surface area contributed by atoms with Crippen LogP contribution < -0.4 is 11.9 Å². The molecule has 0 saturated carbocycles. The molecule has 20 heavy (non-hydrogen) atoms. The molecule has 0 fully saturated rings. The molecule has 108 valence electrons. The van der Waals surface area contributed by atoms with Gasteiger partial charge in [0.25, 0.3) is 0 Å². The van der Waals surface area contributed by atoms with Gasteiger partial charge in [0.1, 0.15) is 11.1 Å². The molecule has 8 heteroatoms. The Bertz CT molecular complexity index is 554. The highest BCUT2D eigenvalue weighted by Gasteiger charge is 2.43. The average Bonchev–Trinajstić information content (AvgIpc) is 2.27. The van der Waals surface area contributed by atoms with Crippen LogP contribution in [0.5, 0.6) is 0 Å². The summed E-state index contributed by atoms with van der Waals surface area (Å²) >= 11 is 5.63. The second-order valence-electron chi connectivity index (χ2n) is 3.86. The lowest BCUT2D eigenvalue weighted by Crippen LogP contribution is -2.23. The Hall–Kier alpha value is -1.86. The van der Waals surface area contributed by atoms with E-state index in [4.69, 9.17) is 17.3 Å². The van der Waals surface area contributed by atoms with Gasteiger partial charge < -0.3 is 11.9 Å². The predicted molar refractivity (Wildman–Crippen MR) is 70.8 cm³/mol. The van der Waals surface area contributed by atoms with E-state index in [1.54, 1.807) is 6.07 Å². The Morgan fingerprint density at radius 3 is 2.20 bits per heavy atom. The first-order valence-corrected chi connectivity index (χ1v) is 5.67. The topological polar surface area (TPSA) is 86.8 Å². The van der Waals surface area contributed by atoms with Crippen molar-refractivity contribution in [3.05, 3.63) is 52.8 Å². The van der Waals surface area contributed by atoms with E-state index in [2.05, 4.69) is 9.97 Å². The Morgan fingerprint density at radius 2 is 1.70 bits per heavy atom. The first-order valence-electron chi connectivity index (χ1n) is 5.29. The van der Waals surface area contributed by atoms with Gasteiger partial charge in [0.15, 0.2) is 0 Å². The lowest BCUT2D eigenvalue weighted by atomic mass is 9.95. The molecule has 0 aliphatic heterocycles. The van der Waals surface area contributed by atoms with Gasteiger partial charge in [0.05, 0.1) is 5.69 Å². The molecule has 1 atom stereocenters. The van der Waals surface area contributed by atoms with Crippen LogP contribution in [0.15, 0.2) is 36.4 Å². The molecular weight excluding hydrogens is 293 g/mol. The van der Waals surface area contributed by atoms with E-state index >= 15 is 0 Å². The lowest BCUT2D eigenvalue weighted by molar-refractivity contribution is -0.141. The van der Waals surface area contributed by atoms with Crippen LogP contribution in [-0.4, -0.2) is 16.1 Å². The fourth-order valence-electron chi connectivity index (χ4n) is 1.77. The zero-order valence-corrected chi connectivity index (χ0v) is 11.0. The van der Waals surface area contributed by atoms with Crippen LogP contribution in [-0.2, 0) is 0 Å². The number of halogens is 4. The summed E-state index contributed by atoms with van der Waals surface area (Å²) in [6.07, 6.45) is -4.49. The number of nitrogens with zero attached hydrogens (tertiary/aromatic N) is 2. The molecule has 1 aromatic carbocycles. The van der Waals surface area contributed by atoms with Gasteiger partial charge >= 0.3 is 6.18 Å². The van der Waals surface area contributed by atoms with Crippen molar-refractivity contribution in [1.82, 2.24) is 16.1 Å². The Kier molecular flexibility index (Phi) is 4.91. The molecule has 2 rings (SSSR count). The third kappa shape index (κ3) is 3.58. The zero-order chi connectivity index (χ0) is 14.0. The number of aromatic nitrogens is 2. The van der Waals surface area contributed by atoms with Crippen molar-refractivity contribution >= 4 is 17.5 Å². The Morgan fingerprint density at radius 1 is 1.10 bits per heavy atom. The molecule has 0 aliphatic carbocycles. The number of hydrogen-bond acceptors (Lipinski definition) is 4. The monoisotopic (exact) mass is 304 g/mol. The minimum Gasteiger partial charge on any atom is -0.368 e. The highest BCUT2D eigenvalue weighted by molar-refractivity contribution is 6.29. The largest absolute Gasteiger partial charge is 0.401 e. The number of rotatable bonds is 2. The maximum atomic E-state index is 13.2. The van der Waals surface area contributed by atoms with Crippen molar-refractivity contribution in [3.8, 4) is 0 Å². The molecular formula is C12H12ClF3N4. The SMILES string of the molecule is N.Nc1nc(Cl)cc(C(c2ccccc2)C(F)(F)F)n1. The molecule has 1 aromatic heterocycles. The summed E-state index contributed by atoms with van der Waals surface area (Å²) in [7, 11) is 0. The molecule has 0 saturated heterocycles. The van der Waals surface area contributed by atoms with Crippen LogP contribution in [0.4, 0.5) is 19.1 Å². The van der Waals surface area contributed by atoms with Crippen molar-refractivity contribution in [3.63, 3.8) is 0 Å². The molecule has 0 bridgehead atoms. The van der Waals surface area contributed by atoms with Crippen molar-refractivity contribution < 1.29 is 13.2 Å². The quantitative estimate of drug-likeness (QED) is 0.830. The fourth-order valence-corrected chi connectivity index (χ4v) is 1.97. The Labute approximate surface area is 118 Å². The number of benzene rings is 1. The third-order valence-corrected chi connectivity index (χ3v) is 2.68. The van der Waals surface area contributed by atoms with E-state index in [9.17, 15) is 13.2 Å². The van der Waals surface area contributed by atoms with E-state index < -0.39 is 12.1 Å². The molecule has 0 spiro atoms. The van der Waals surface area contributed by atoms with E-state index in [1.165, 1.54) is 24.3 Å². The molecule has 1 heterocycles. The first-order chi connectivity index (χ1) is 8.88. The molecule has 0 amide bonds.